The van der Waals surface area contributed by atoms with Crippen LogP contribution in [-0.2, 0) is 4.79 Å². The van der Waals surface area contributed by atoms with Crippen molar-refractivity contribution in [1.82, 2.24) is 0 Å². The van der Waals surface area contributed by atoms with E-state index in [0.29, 0.717) is 24.3 Å². The number of nitrogens with zero attached hydrogens (tertiary/aromatic N) is 1. The van der Waals surface area contributed by atoms with Crippen molar-refractivity contribution in [3.05, 3.63) is 76.6 Å². The number of rotatable bonds is 4. The Labute approximate surface area is 155 Å². The van der Waals surface area contributed by atoms with Crippen molar-refractivity contribution in [2.24, 2.45) is 4.99 Å². The average molecular weight is 347 g/mol. The number of carbonyl (C=O) groups excluding carboxylic acids is 1. The maximum absolute atomic E-state index is 12.5. The predicted molar refractivity (Wildman–Crippen MR) is 106 cm³/mol. The van der Waals surface area contributed by atoms with Crippen LogP contribution in [0.3, 0.4) is 0 Å². The Kier molecular flexibility index (Phi) is 5.36. The standard InChI is InChI=1S/C23H25NO2/c1-15(2)17-6-8-18(9-7-17)19-12-22(25)21(23(26)13-19)14-24-20-10-4-16(3)5-11-20/h4-11,14-15,19,25H,12-13H2,1-3H3. The number of aliphatic hydroxyl groups is 1. The van der Waals surface area contributed by atoms with Crippen LogP contribution in [-0.4, -0.2) is 17.1 Å². The van der Waals surface area contributed by atoms with Crippen LogP contribution >= 0.6 is 0 Å². The second-order valence-corrected chi connectivity index (χ2v) is 7.30. The van der Waals surface area contributed by atoms with E-state index >= 15 is 0 Å². The SMILES string of the molecule is Cc1ccc(N=CC2=C(O)CC(c3ccc(C(C)C)cc3)CC2=O)cc1. The Morgan fingerprint density at radius 3 is 2.27 bits per heavy atom. The highest BCUT2D eigenvalue weighted by Gasteiger charge is 2.27. The molecule has 3 nitrogen and oxygen atoms in total. The lowest BCUT2D eigenvalue weighted by atomic mass is 9.82. The molecule has 0 aliphatic heterocycles. The number of aliphatic imine (C=N–C) groups is 1. The molecule has 3 rings (SSSR count). The van der Waals surface area contributed by atoms with Crippen molar-refractivity contribution in [3.8, 4) is 0 Å². The van der Waals surface area contributed by atoms with Crippen molar-refractivity contribution >= 4 is 17.7 Å². The monoisotopic (exact) mass is 347 g/mol. The Bertz CT molecular complexity index is 843. The first-order valence-corrected chi connectivity index (χ1v) is 9.10. The van der Waals surface area contributed by atoms with E-state index in [1.54, 1.807) is 0 Å². The van der Waals surface area contributed by atoms with Crippen LogP contribution in [0.4, 0.5) is 5.69 Å². The summed E-state index contributed by atoms with van der Waals surface area (Å²) in [7, 11) is 0. The van der Waals surface area contributed by atoms with Gasteiger partial charge >= 0.3 is 0 Å². The molecule has 1 N–H and O–H groups in total. The van der Waals surface area contributed by atoms with Crippen LogP contribution in [0, 0.1) is 6.92 Å². The molecule has 0 spiro atoms. The molecule has 0 fully saturated rings. The second-order valence-electron chi connectivity index (χ2n) is 7.30. The highest BCUT2D eigenvalue weighted by molar-refractivity contribution is 6.15. The number of ketones is 1. The smallest absolute Gasteiger partial charge is 0.168 e. The molecule has 1 aliphatic carbocycles. The van der Waals surface area contributed by atoms with Gasteiger partial charge in [0, 0.05) is 19.1 Å². The number of aliphatic hydroxyl groups excluding tert-OH is 1. The number of allylic oxidation sites excluding steroid dienone is 2. The topological polar surface area (TPSA) is 49.7 Å². The van der Waals surface area contributed by atoms with E-state index in [1.165, 1.54) is 11.8 Å². The number of hydrogen-bond donors (Lipinski definition) is 1. The minimum absolute atomic E-state index is 0.0280. The van der Waals surface area contributed by atoms with Gasteiger partial charge < -0.3 is 5.11 Å². The van der Waals surface area contributed by atoms with Gasteiger partial charge in [-0.1, -0.05) is 55.8 Å². The van der Waals surface area contributed by atoms with Gasteiger partial charge in [0.25, 0.3) is 0 Å². The second kappa shape index (κ2) is 7.69. The van der Waals surface area contributed by atoms with Gasteiger partial charge in [0.2, 0.25) is 0 Å². The molecule has 1 unspecified atom stereocenters. The van der Waals surface area contributed by atoms with Gasteiger partial charge in [-0.25, -0.2) is 0 Å². The molecule has 26 heavy (non-hydrogen) atoms. The van der Waals surface area contributed by atoms with Gasteiger partial charge in [0.05, 0.1) is 11.3 Å². The average Bonchev–Trinajstić information content (AvgIpc) is 2.62. The summed E-state index contributed by atoms with van der Waals surface area (Å²) in [5.41, 5.74) is 4.65. The van der Waals surface area contributed by atoms with Crippen LogP contribution in [0.5, 0.6) is 0 Å². The van der Waals surface area contributed by atoms with E-state index in [4.69, 9.17) is 0 Å². The van der Waals surface area contributed by atoms with Gasteiger partial charge in [0.15, 0.2) is 5.78 Å². The minimum atomic E-state index is -0.0532. The van der Waals surface area contributed by atoms with Gasteiger partial charge in [-0.05, 0) is 42.0 Å². The molecule has 0 saturated heterocycles. The molecular formula is C23H25NO2. The maximum atomic E-state index is 12.5. The summed E-state index contributed by atoms with van der Waals surface area (Å²) >= 11 is 0. The summed E-state index contributed by atoms with van der Waals surface area (Å²) in [6.45, 7) is 6.33. The number of carbonyl (C=O) groups is 1. The third-order valence-corrected chi connectivity index (χ3v) is 4.93. The van der Waals surface area contributed by atoms with Crippen LogP contribution in [0.2, 0.25) is 0 Å². The zero-order valence-corrected chi connectivity index (χ0v) is 15.6. The Balaban J connectivity index is 1.77. The molecule has 0 amide bonds. The van der Waals surface area contributed by atoms with Crippen molar-refractivity contribution in [2.75, 3.05) is 0 Å². The number of hydrogen-bond acceptors (Lipinski definition) is 3. The highest BCUT2D eigenvalue weighted by atomic mass is 16.3. The summed E-state index contributed by atoms with van der Waals surface area (Å²) in [5, 5.41) is 10.4. The van der Waals surface area contributed by atoms with E-state index in [0.717, 1.165) is 16.8 Å². The van der Waals surface area contributed by atoms with E-state index in [-0.39, 0.29) is 17.5 Å². The van der Waals surface area contributed by atoms with Crippen molar-refractivity contribution in [2.45, 2.75) is 45.4 Å². The molecule has 0 bridgehead atoms. The lowest BCUT2D eigenvalue weighted by molar-refractivity contribution is -0.116. The lowest BCUT2D eigenvalue weighted by Gasteiger charge is -2.22. The largest absolute Gasteiger partial charge is 0.511 e. The zero-order valence-electron chi connectivity index (χ0n) is 15.6. The summed E-state index contributed by atoms with van der Waals surface area (Å²) in [6.07, 6.45) is 2.38. The Morgan fingerprint density at radius 2 is 1.69 bits per heavy atom. The first-order chi connectivity index (χ1) is 12.4. The van der Waals surface area contributed by atoms with Crippen LogP contribution in [0.25, 0.3) is 0 Å². The maximum Gasteiger partial charge on any atom is 0.168 e. The van der Waals surface area contributed by atoms with Crippen LogP contribution in [0.1, 0.15) is 55.2 Å². The fraction of sp³-hybridized carbons (Fsp3) is 0.304. The van der Waals surface area contributed by atoms with Crippen LogP contribution in [0.15, 0.2) is 64.9 Å². The molecule has 2 aromatic rings. The summed E-state index contributed by atoms with van der Waals surface area (Å²) in [5.74, 6) is 0.591. The normalized spacial score (nSPS) is 18.2. The molecule has 134 valence electrons. The molecule has 0 radical (unpaired) electrons. The Hall–Kier alpha value is -2.68. The number of Topliss-reactive ketones (excluding diaryl/α,β-unsaturated/α-hetero) is 1. The third-order valence-electron chi connectivity index (χ3n) is 4.93. The summed E-state index contributed by atoms with van der Waals surface area (Å²) in [4.78, 5) is 16.9. The fourth-order valence-electron chi connectivity index (χ4n) is 3.22. The van der Waals surface area contributed by atoms with Crippen molar-refractivity contribution < 1.29 is 9.90 Å². The molecule has 3 heteroatoms. The quantitative estimate of drug-likeness (QED) is 0.713. The van der Waals surface area contributed by atoms with Gasteiger partial charge in [-0.2, -0.15) is 0 Å². The number of aryl methyl sites for hydroxylation is 1. The predicted octanol–water partition coefficient (Wildman–Crippen LogP) is 5.78. The molecule has 0 saturated carbocycles. The summed E-state index contributed by atoms with van der Waals surface area (Å²) in [6, 6.07) is 16.1. The first-order valence-electron chi connectivity index (χ1n) is 9.10. The van der Waals surface area contributed by atoms with Crippen molar-refractivity contribution in [3.63, 3.8) is 0 Å². The van der Waals surface area contributed by atoms with Gasteiger partial charge in [-0.15, -0.1) is 0 Å². The Morgan fingerprint density at radius 1 is 1.04 bits per heavy atom. The van der Waals surface area contributed by atoms with E-state index in [1.807, 2.05) is 31.2 Å². The number of benzene rings is 2. The van der Waals surface area contributed by atoms with Gasteiger partial charge in [0.1, 0.15) is 5.76 Å². The molecule has 0 aromatic heterocycles. The molecule has 1 aliphatic rings. The van der Waals surface area contributed by atoms with E-state index < -0.39 is 0 Å². The van der Waals surface area contributed by atoms with E-state index in [9.17, 15) is 9.90 Å². The third kappa shape index (κ3) is 4.10. The van der Waals surface area contributed by atoms with E-state index in [2.05, 4.69) is 43.1 Å². The molecule has 1 atom stereocenters. The molecule has 2 aromatic carbocycles. The van der Waals surface area contributed by atoms with Crippen LogP contribution < -0.4 is 0 Å². The fourth-order valence-corrected chi connectivity index (χ4v) is 3.22. The minimum Gasteiger partial charge on any atom is -0.511 e. The van der Waals surface area contributed by atoms with Crippen molar-refractivity contribution in [1.29, 1.82) is 0 Å². The van der Waals surface area contributed by atoms with Gasteiger partial charge in [-0.3, -0.25) is 9.79 Å². The summed E-state index contributed by atoms with van der Waals surface area (Å²) < 4.78 is 0. The molecular weight excluding hydrogens is 322 g/mol. The lowest BCUT2D eigenvalue weighted by Crippen LogP contribution is -2.19. The zero-order chi connectivity index (χ0) is 18.7. The highest BCUT2D eigenvalue weighted by Crippen LogP contribution is 2.33. The first kappa shape index (κ1) is 18.1. The molecule has 0 heterocycles.